The van der Waals surface area contributed by atoms with Crippen LogP contribution in [0.15, 0.2) is 54.7 Å². The second-order valence-electron chi connectivity index (χ2n) is 5.77. The molecule has 0 fully saturated rings. The van der Waals surface area contributed by atoms with E-state index in [1.165, 1.54) is 10.9 Å². The standard InChI is InChI=1S/C19H23N3O/c1-23-19-9-5-2-6-14(19)11-21-13-16(20)10-15-12-22-18-8-4-3-7-17(15)18/h2-9,12,16,21-22H,10-11,13,20H2,1H3/t16-/m1/s1. The molecule has 0 aliphatic rings. The van der Waals surface area contributed by atoms with E-state index in [0.29, 0.717) is 0 Å². The molecule has 4 N–H and O–H groups in total. The maximum atomic E-state index is 6.28. The summed E-state index contributed by atoms with van der Waals surface area (Å²) < 4.78 is 5.36. The number of benzene rings is 2. The van der Waals surface area contributed by atoms with Crippen molar-refractivity contribution in [1.82, 2.24) is 10.3 Å². The van der Waals surface area contributed by atoms with Crippen LogP contribution in [0, 0.1) is 0 Å². The van der Waals surface area contributed by atoms with Crippen LogP contribution in [-0.2, 0) is 13.0 Å². The molecule has 120 valence electrons. The van der Waals surface area contributed by atoms with Crippen LogP contribution in [0.1, 0.15) is 11.1 Å². The fraction of sp³-hybridized carbons (Fsp3) is 0.263. The zero-order valence-corrected chi connectivity index (χ0v) is 13.4. The van der Waals surface area contributed by atoms with E-state index < -0.39 is 0 Å². The summed E-state index contributed by atoms with van der Waals surface area (Å²) in [4.78, 5) is 3.30. The minimum Gasteiger partial charge on any atom is -0.496 e. The van der Waals surface area contributed by atoms with Crippen molar-refractivity contribution in [2.24, 2.45) is 5.73 Å². The van der Waals surface area contributed by atoms with E-state index in [1.807, 2.05) is 24.3 Å². The van der Waals surface area contributed by atoms with Crippen LogP contribution < -0.4 is 15.8 Å². The quantitative estimate of drug-likeness (QED) is 0.629. The lowest BCUT2D eigenvalue weighted by atomic mass is 10.1. The second kappa shape index (κ2) is 7.31. The summed E-state index contributed by atoms with van der Waals surface area (Å²) in [5.41, 5.74) is 9.86. The van der Waals surface area contributed by atoms with Gasteiger partial charge in [-0.15, -0.1) is 0 Å². The van der Waals surface area contributed by atoms with Gasteiger partial charge in [-0.25, -0.2) is 0 Å². The van der Waals surface area contributed by atoms with E-state index in [4.69, 9.17) is 10.5 Å². The number of fused-ring (bicyclic) bond motifs is 1. The molecule has 1 aromatic heterocycles. The van der Waals surface area contributed by atoms with Crippen molar-refractivity contribution < 1.29 is 4.74 Å². The van der Waals surface area contributed by atoms with Gasteiger partial charge in [-0.2, -0.15) is 0 Å². The molecule has 3 rings (SSSR count). The third kappa shape index (κ3) is 3.73. The molecule has 1 heterocycles. The molecular weight excluding hydrogens is 286 g/mol. The smallest absolute Gasteiger partial charge is 0.123 e. The Morgan fingerprint density at radius 1 is 1.09 bits per heavy atom. The Kier molecular flexibility index (Phi) is 4.95. The Morgan fingerprint density at radius 3 is 2.74 bits per heavy atom. The molecule has 4 nitrogen and oxygen atoms in total. The topological polar surface area (TPSA) is 63.1 Å². The minimum absolute atomic E-state index is 0.0731. The van der Waals surface area contributed by atoms with Gasteiger partial charge < -0.3 is 20.8 Å². The van der Waals surface area contributed by atoms with Crippen LogP contribution in [-0.4, -0.2) is 24.7 Å². The molecule has 2 aromatic carbocycles. The maximum Gasteiger partial charge on any atom is 0.123 e. The number of hydrogen-bond donors (Lipinski definition) is 3. The van der Waals surface area contributed by atoms with Crippen molar-refractivity contribution in [3.8, 4) is 5.75 Å². The first-order valence-electron chi connectivity index (χ1n) is 7.91. The highest BCUT2D eigenvalue weighted by Crippen LogP contribution is 2.19. The van der Waals surface area contributed by atoms with Crippen LogP contribution in [0.3, 0.4) is 0 Å². The zero-order chi connectivity index (χ0) is 16.1. The van der Waals surface area contributed by atoms with Gasteiger partial charge in [0.1, 0.15) is 5.75 Å². The average molecular weight is 309 g/mol. The lowest BCUT2D eigenvalue weighted by Gasteiger charge is -2.14. The first kappa shape index (κ1) is 15.6. The van der Waals surface area contributed by atoms with Gasteiger partial charge in [-0.1, -0.05) is 36.4 Å². The van der Waals surface area contributed by atoms with Crippen LogP contribution in [0.2, 0.25) is 0 Å². The number of H-pyrrole nitrogens is 1. The van der Waals surface area contributed by atoms with E-state index >= 15 is 0 Å². The minimum atomic E-state index is 0.0731. The molecule has 0 spiro atoms. The molecule has 0 bridgehead atoms. The van der Waals surface area contributed by atoms with Crippen LogP contribution in [0.25, 0.3) is 10.9 Å². The number of para-hydroxylation sites is 2. The monoisotopic (exact) mass is 309 g/mol. The number of aromatic amines is 1. The predicted molar refractivity (Wildman–Crippen MR) is 94.7 cm³/mol. The van der Waals surface area contributed by atoms with E-state index in [0.717, 1.165) is 36.3 Å². The van der Waals surface area contributed by atoms with E-state index in [9.17, 15) is 0 Å². The van der Waals surface area contributed by atoms with Crippen molar-refractivity contribution in [2.45, 2.75) is 19.0 Å². The average Bonchev–Trinajstić information content (AvgIpc) is 2.98. The number of methoxy groups -OCH3 is 1. The Morgan fingerprint density at radius 2 is 1.87 bits per heavy atom. The molecule has 4 heteroatoms. The van der Waals surface area contributed by atoms with E-state index in [-0.39, 0.29) is 6.04 Å². The van der Waals surface area contributed by atoms with Gasteiger partial charge in [0.15, 0.2) is 0 Å². The van der Waals surface area contributed by atoms with Gasteiger partial charge in [0, 0.05) is 41.8 Å². The number of nitrogens with one attached hydrogen (secondary N) is 2. The number of aromatic nitrogens is 1. The van der Waals surface area contributed by atoms with Gasteiger partial charge in [-0.3, -0.25) is 0 Å². The molecule has 0 saturated heterocycles. The molecule has 23 heavy (non-hydrogen) atoms. The summed E-state index contributed by atoms with van der Waals surface area (Å²) >= 11 is 0. The Balaban J connectivity index is 1.54. The highest BCUT2D eigenvalue weighted by atomic mass is 16.5. The van der Waals surface area contributed by atoms with Crippen molar-refractivity contribution >= 4 is 10.9 Å². The Bertz CT molecular complexity index is 766. The zero-order valence-electron chi connectivity index (χ0n) is 13.4. The van der Waals surface area contributed by atoms with Crippen LogP contribution in [0.5, 0.6) is 5.75 Å². The summed E-state index contributed by atoms with van der Waals surface area (Å²) in [6, 6.07) is 16.4. The van der Waals surface area contributed by atoms with Crippen molar-refractivity contribution in [3.63, 3.8) is 0 Å². The molecular formula is C19H23N3O. The van der Waals surface area contributed by atoms with Crippen LogP contribution in [0.4, 0.5) is 0 Å². The lowest BCUT2D eigenvalue weighted by Crippen LogP contribution is -2.35. The first-order chi connectivity index (χ1) is 11.3. The van der Waals surface area contributed by atoms with Gasteiger partial charge >= 0.3 is 0 Å². The number of nitrogens with two attached hydrogens (primary N) is 1. The largest absolute Gasteiger partial charge is 0.496 e. The van der Waals surface area contributed by atoms with Crippen molar-refractivity contribution in [1.29, 1.82) is 0 Å². The predicted octanol–water partition coefficient (Wildman–Crippen LogP) is 2.84. The SMILES string of the molecule is COc1ccccc1CNC[C@H](N)Cc1c[nH]c2ccccc12. The number of ether oxygens (including phenoxy) is 1. The van der Waals surface area contributed by atoms with Gasteiger partial charge in [-0.05, 0) is 24.1 Å². The molecule has 0 unspecified atom stereocenters. The summed E-state index contributed by atoms with van der Waals surface area (Å²) in [5, 5.41) is 4.68. The molecule has 0 radical (unpaired) electrons. The first-order valence-corrected chi connectivity index (χ1v) is 7.91. The molecule has 0 aliphatic carbocycles. The van der Waals surface area contributed by atoms with E-state index in [1.54, 1.807) is 7.11 Å². The molecule has 3 aromatic rings. The van der Waals surface area contributed by atoms with Crippen molar-refractivity contribution in [3.05, 3.63) is 65.9 Å². The van der Waals surface area contributed by atoms with Crippen molar-refractivity contribution in [2.75, 3.05) is 13.7 Å². The van der Waals surface area contributed by atoms with Gasteiger partial charge in [0.25, 0.3) is 0 Å². The molecule has 1 atom stereocenters. The third-order valence-electron chi connectivity index (χ3n) is 4.07. The Hall–Kier alpha value is -2.30. The number of rotatable bonds is 7. The summed E-state index contributed by atoms with van der Waals surface area (Å²) in [5.74, 6) is 0.908. The Labute approximate surface area is 136 Å². The lowest BCUT2D eigenvalue weighted by molar-refractivity contribution is 0.407. The van der Waals surface area contributed by atoms with Gasteiger partial charge in [0.05, 0.1) is 7.11 Å². The molecule has 0 saturated carbocycles. The maximum absolute atomic E-state index is 6.28. The van der Waals surface area contributed by atoms with E-state index in [2.05, 4.69) is 40.8 Å². The molecule has 0 amide bonds. The summed E-state index contributed by atoms with van der Waals surface area (Å²) in [6.45, 7) is 1.52. The molecule has 0 aliphatic heterocycles. The second-order valence-corrected chi connectivity index (χ2v) is 5.77. The highest BCUT2D eigenvalue weighted by Gasteiger charge is 2.09. The third-order valence-corrected chi connectivity index (χ3v) is 4.07. The number of hydrogen-bond acceptors (Lipinski definition) is 3. The highest BCUT2D eigenvalue weighted by molar-refractivity contribution is 5.83. The van der Waals surface area contributed by atoms with Crippen LogP contribution >= 0.6 is 0 Å². The van der Waals surface area contributed by atoms with Gasteiger partial charge in [0.2, 0.25) is 0 Å². The fourth-order valence-corrected chi connectivity index (χ4v) is 2.90. The normalized spacial score (nSPS) is 12.4. The summed E-state index contributed by atoms with van der Waals surface area (Å²) in [6.07, 6.45) is 2.91. The fourth-order valence-electron chi connectivity index (χ4n) is 2.90. The summed E-state index contributed by atoms with van der Waals surface area (Å²) in [7, 11) is 1.70.